The monoisotopic (exact) mass is 397 g/mol. The Labute approximate surface area is 157 Å². The van der Waals surface area contributed by atoms with Gasteiger partial charge in [0, 0.05) is 33.3 Å². The minimum absolute atomic E-state index is 0.297. The second kappa shape index (κ2) is 6.69. The summed E-state index contributed by atoms with van der Waals surface area (Å²) >= 11 is 18.4. The number of benzene rings is 2. The molecule has 0 radical (unpaired) electrons. The van der Waals surface area contributed by atoms with E-state index in [9.17, 15) is 14.7 Å². The number of fused-ring (bicyclic) bond motifs is 3. The summed E-state index contributed by atoms with van der Waals surface area (Å²) in [5, 5.41) is 22.7. The smallest absolute Gasteiger partial charge is 0.328 e. The van der Waals surface area contributed by atoms with E-state index in [1.807, 2.05) is 0 Å². The van der Waals surface area contributed by atoms with Crippen molar-refractivity contribution in [2.24, 2.45) is 0 Å². The van der Waals surface area contributed by atoms with Crippen molar-refractivity contribution < 1.29 is 19.8 Å². The maximum atomic E-state index is 11.9. The Balaban J connectivity index is 2.13. The second-order valence-electron chi connectivity index (χ2n) is 5.33. The van der Waals surface area contributed by atoms with E-state index in [-0.39, 0.29) is 0 Å². The zero-order valence-corrected chi connectivity index (χ0v) is 14.7. The van der Waals surface area contributed by atoms with Crippen molar-refractivity contribution in [3.63, 3.8) is 0 Å². The van der Waals surface area contributed by atoms with Crippen LogP contribution in [0.5, 0.6) is 0 Å². The van der Waals surface area contributed by atoms with Crippen molar-refractivity contribution in [3.05, 3.63) is 62.6 Å². The largest absolute Gasteiger partial charge is 0.478 e. The third-order valence-electron chi connectivity index (χ3n) is 3.69. The van der Waals surface area contributed by atoms with Crippen LogP contribution in [-0.2, 0) is 9.59 Å². The van der Waals surface area contributed by atoms with Crippen LogP contribution >= 0.6 is 34.8 Å². The Morgan fingerprint density at radius 2 is 1.56 bits per heavy atom. The van der Waals surface area contributed by atoms with E-state index in [2.05, 4.69) is 5.32 Å². The summed E-state index contributed by atoms with van der Waals surface area (Å²) in [5.41, 5.74) is 2.36. The number of halogens is 3. The van der Waals surface area contributed by atoms with Gasteiger partial charge < -0.3 is 15.5 Å². The molecule has 5 nitrogen and oxygen atoms in total. The highest BCUT2D eigenvalue weighted by molar-refractivity contribution is 6.37. The Morgan fingerprint density at radius 1 is 0.960 bits per heavy atom. The molecule has 0 heterocycles. The van der Waals surface area contributed by atoms with E-state index in [1.54, 1.807) is 12.1 Å². The summed E-state index contributed by atoms with van der Waals surface area (Å²) in [5.74, 6) is -1.90. The first-order valence-corrected chi connectivity index (χ1v) is 8.14. The van der Waals surface area contributed by atoms with Crippen LogP contribution in [0.15, 0.2) is 36.4 Å². The molecule has 128 valence electrons. The Kier molecular flexibility index (Phi) is 4.75. The van der Waals surface area contributed by atoms with E-state index in [0.717, 1.165) is 12.2 Å². The molecule has 1 aliphatic carbocycles. The molecule has 0 fully saturated rings. The maximum absolute atomic E-state index is 11.9. The van der Waals surface area contributed by atoms with Crippen molar-refractivity contribution in [3.8, 4) is 11.1 Å². The first-order chi connectivity index (χ1) is 11.8. The molecule has 0 saturated carbocycles. The molecule has 1 amide bonds. The summed E-state index contributed by atoms with van der Waals surface area (Å²) in [7, 11) is 0. The van der Waals surface area contributed by atoms with Gasteiger partial charge in [-0.05, 0) is 35.4 Å². The molecule has 3 rings (SSSR count). The molecule has 1 aliphatic rings. The SMILES string of the molecule is O=C(O)/C=C\C(=O)Nc1cc(Cl)cc2c1-c1c(Cl)cc(Cl)cc1[C@@H]2O. The average molecular weight is 399 g/mol. The molecule has 8 heteroatoms. The van der Waals surface area contributed by atoms with E-state index >= 15 is 0 Å². The lowest BCUT2D eigenvalue weighted by molar-refractivity contribution is -0.131. The Bertz CT molecular complexity index is 940. The van der Waals surface area contributed by atoms with Crippen LogP contribution in [0.4, 0.5) is 5.69 Å². The van der Waals surface area contributed by atoms with Gasteiger partial charge in [0.15, 0.2) is 0 Å². The van der Waals surface area contributed by atoms with Crippen molar-refractivity contribution in [2.45, 2.75) is 6.10 Å². The first kappa shape index (κ1) is 17.8. The van der Waals surface area contributed by atoms with Gasteiger partial charge in [-0.1, -0.05) is 34.8 Å². The second-order valence-corrected chi connectivity index (χ2v) is 6.61. The minimum Gasteiger partial charge on any atom is -0.478 e. The molecule has 1 atom stereocenters. The predicted octanol–water partition coefficient (Wildman–Crippen LogP) is 4.29. The number of amides is 1. The normalized spacial score (nSPS) is 15.1. The molecular weight excluding hydrogens is 389 g/mol. The number of carbonyl (C=O) groups is 2. The van der Waals surface area contributed by atoms with Gasteiger partial charge in [0.2, 0.25) is 5.91 Å². The van der Waals surface area contributed by atoms with Crippen LogP contribution in [0.3, 0.4) is 0 Å². The number of hydrogen-bond donors (Lipinski definition) is 3. The van der Waals surface area contributed by atoms with E-state index in [4.69, 9.17) is 39.9 Å². The van der Waals surface area contributed by atoms with Gasteiger partial charge in [-0.15, -0.1) is 0 Å². The highest BCUT2D eigenvalue weighted by atomic mass is 35.5. The molecule has 0 bridgehead atoms. The molecule has 2 aromatic rings. The molecule has 0 aliphatic heterocycles. The summed E-state index contributed by atoms with van der Waals surface area (Å²) in [6.07, 6.45) is 0.603. The highest BCUT2D eigenvalue weighted by Gasteiger charge is 2.32. The van der Waals surface area contributed by atoms with Gasteiger partial charge in [0.1, 0.15) is 6.10 Å². The van der Waals surface area contributed by atoms with Gasteiger partial charge in [-0.25, -0.2) is 4.79 Å². The quantitative estimate of drug-likeness (QED) is 0.673. The van der Waals surface area contributed by atoms with Gasteiger partial charge in [0.25, 0.3) is 0 Å². The summed E-state index contributed by atoms with van der Waals surface area (Å²) in [6, 6.07) is 6.21. The Hall–Kier alpha value is -2.05. The fraction of sp³-hybridized carbons (Fsp3) is 0.0588. The fourth-order valence-corrected chi connectivity index (χ4v) is 3.61. The zero-order chi connectivity index (χ0) is 18.3. The minimum atomic E-state index is -1.25. The number of anilines is 1. The van der Waals surface area contributed by atoms with E-state index < -0.39 is 18.0 Å². The number of carbonyl (C=O) groups excluding carboxylic acids is 1. The van der Waals surface area contributed by atoms with Crippen LogP contribution < -0.4 is 5.32 Å². The van der Waals surface area contributed by atoms with Crippen molar-refractivity contribution in [1.29, 1.82) is 0 Å². The number of aliphatic hydroxyl groups excluding tert-OH is 1. The van der Waals surface area contributed by atoms with E-state index in [0.29, 0.717) is 43.0 Å². The number of carboxylic acids is 1. The lowest BCUT2D eigenvalue weighted by Gasteiger charge is -2.12. The van der Waals surface area contributed by atoms with E-state index in [1.165, 1.54) is 12.1 Å². The van der Waals surface area contributed by atoms with Gasteiger partial charge >= 0.3 is 5.97 Å². The number of aliphatic hydroxyl groups is 1. The van der Waals surface area contributed by atoms with Gasteiger partial charge in [-0.3, -0.25) is 4.79 Å². The lowest BCUT2D eigenvalue weighted by Crippen LogP contribution is -2.10. The van der Waals surface area contributed by atoms with Gasteiger partial charge in [-0.2, -0.15) is 0 Å². The third kappa shape index (κ3) is 3.37. The number of nitrogens with one attached hydrogen (secondary N) is 1. The number of rotatable bonds is 3. The molecule has 0 aromatic heterocycles. The predicted molar refractivity (Wildman–Crippen MR) is 96.4 cm³/mol. The molecule has 0 saturated heterocycles. The summed E-state index contributed by atoms with van der Waals surface area (Å²) in [4.78, 5) is 22.5. The number of carboxylic acid groups (broad SMARTS) is 1. The maximum Gasteiger partial charge on any atom is 0.328 e. The van der Waals surface area contributed by atoms with Crippen molar-refractivity contribution >= 4 is 52.4 Å². The summed E-state index contributed by atoms with van der Waals surface area (Å²) in [6.45, 7) is 0. The third-order valence-corrected chi connectivity index (χ3v) is 4.43. The summed E-state index contributed by atoms with van der Waals surface area (Å²) < 4.78 is 0. The zero-order valence-electron chi connectivity index (χ0n) is 12.4. The van der Waals surface area contributed by atoms with Crippen molar-refractivity contribution in [1.82, 2.24) is 0 Å². The highest BCUT2D eigenvalue weighted by Crippen LogP contribution is 2.51. The molecule has 3 N–H and O–H groups in total. The van der Waals surface area contributed by atoms with Crippen LogP contribution in [-0.4, -0.2) is 22.1 Å². The Morgan fingerprint density at radius 3 is 2.20 bits per heavy atom. The number of aliphatic carboxylic acids is 1. The topological polar surface area (TPSA) is 86.6 Å². The molecule has 0 spiro atoms. The fourth-order valence-electron chi connectivity index (χ4n) is 2.78. The standard InChI is InChI=1S/C17H10Cl3NO4/c18-7-3-9-15(11(20)5-7)16-10(17(9)25)4-8(19)6-12(16)21-13(22)1-2-14(23)24/h1-6,17,25H,(H,21,22)(H,23,24)/b2-1-/t17-/m0/s1. The molecule has 25 heavy (non-hydrogen) atoms. The molecule has 2 aromatic carbocycles. The molecule has 0 unspecified atom stereocenters. The molecular formula is C17H10Cl3NO4. The van der Waals surface area contributed by atoms with Crippen molar-refractivity contribution in [2.75, 3.05) is 5.32 Å². The average Bonchev–Trinajstić information content (AvgIpc) is 2.79. The number of hydrogen-bond acceptors (Lipinski definition) is 3. The van der Waals surface area contributed by atoms with Crippen LogP contribution in [0.25, 0.3) is 11.1 Å². The van der Waals surface area contributed by atoms with Gasteiger partial charge in [0.05, 0.1) is 10.7 Å². The van der Waals surface area contributed by atoms with Crippen LogP contribution in [0.1, 0.15) is 17.2 Å². The van der Waals surface area contributed by atoms with Crippen LogP contribution in [0.2, 0.25) is 15.1 Å². The lowest BCUT2D eigenvalue weighted by atomic mass is 10.0. The van der Waals surface area contributed by atoms with Crippen LogP contribution in [0, 0.1) is 0 Å². The first-order valence-electron chi connectivity index (χ1n) is 7.00.